The van der Waals surface area contributed by atoms with Crippen molar-refractivity contribution in [2.75, 3.05) is 0 Å². The Balaban J connectivity index is 2.19. The van der Waals surface area contributed by atoms with E-state index in [-0.39, 0.29) is 11.4 Å². The maximum absolute atomic E-state index is 12.3. The summed E-state index contributed by atoms with van der Waals surface area (Å²) in [5.74, 6) is -0.995. The van der Waals surface area contributed by atoms with Crippen molar-refractivity contribution in [2.24, 2.45) is 5.73 Å². The van der Waals surface area contributed by atoms with Gasteiger partial charge in [-0.25, -0.2) is 0 Å². The molecule has 6 nitrogen and oxygen atoms in total. The Bertz CT molecular complexity index is 671. The van der Waals surface area contributed by atoms with Crippen molar-refractivity contribution in [3.63, 3.8) is 0 Å². The molecule has 6 heteroatoms. The fourth-order valence-corrected chi connectivity index (χ4v) is 1.99. The highest BCUT2D eigenvalue weighted by molar-refractivity contribution is 5.97. The lowest BCUT2D eigenvalue weighted by molar-refractivity contribution is -0.120. The summed E-state index contributed by atoms with van der Waals surface area (Å²) in [4.78, 5) is 23.9. The number of primary amides is 1. The Kier molecular flexibility index (Phi) is 4.30. The van der Waals surface area contributed by atoms with E-state index >= 15 is 0 Å². The smallest absolute Gasteiger partial charge is 0.255 e. The summed E-state index contributed by atoms with van der Waals surface area (Å²) in [5, 5.41) is 6.82. The van der Waals surface area contributed by atoms with E-state index in [1.165, 1.54) is 6.20 Å². The molecule has 2 rings (SSSR count). The Hall–Kier alpha value is -2.63. The molecular weight excluding hydrogens is 280 g/mol. The number of hydrogen-bond donors (Lipinski definition) is 2. The van der Waals surface area contributed by atoms with Gasteiger partial charge in [-0.2, -0.15) is 5.10 Å². The molecule has 0 bridgehead atoms. The zero-order valence-electron chi connectivity index (χ0n) is 12.9. The van der Waals surface area contributed by atoms with Crippen LogP contribution in [0.4, 0.5) is 0 Å². The van der Waals surface area contributed by atoms with E-state index in [1.807, 2.05) is 26.8 Å². The number of carbonyl (C=O) groups is 2. The molecule has 1 heterocycles. The van der Waals surface area contributed by atoms with Crippen molar-refractivity contribution in [3.05, 3.63) is 53.9 Å². The Morgan fingerprint density at radius 1 is 1.23 bits per heavy atom. The molecule has 0 spiro atoms. The van der Waals surface area contributed by atoms with Crippen LogP contribution in [0.1, 0.15) is 42.7 Å². The molecule has 0 aliphatic carbocycles. The maximum Gasteiger partial charge on any atom is 0.255 e. The third-order valence-electron chi connectivity index (χ3n) is 3.22. The van der Waals surface area contributed by atoms with Crippen LogP contribution in [0.2, 0.25) is 0 Å². The van der Waals surface area contributed by atoms with Crippen molar-refractivity contribution >= 4 is 11.8 Å². The third-order valence-corrected chi connectivity index (χ3v) is 3.22. The van der Waals surface area contributed by atoms with Gasteiger partial charge < -0.3 is 11.1 Å². The highest BCUT2D eigenvalue weighted by Crippen LogP contribution is 2.15. The highest BCUT2D eigenvalue weighted by atomic mass is 16.2. The molecular formula is C16H20N4O2. The van der Waals surface area contributed by atoms with Crippen LogP contribution in [-0.2, 0) is 10.3 Å². The van der Waals surface area contributed by atoms with E-state index in [1.54, 1.807) is 35.1 Å². The largest absolute Gasteiger partial charge is 0.368 e. The number of carbonyl (C=O) groups excluding carboxylic acids is 2. The summed E-state index contributed by atoms with van der Waals surface area (Å²) in [6.07, 6.45) is 3.13. The van der Waals surface area contributed by atoms with Gasteiger partial charge in [0.2, 0.25) is 5.91 Å². The topological polar surface area (TPSA) is 90.0 Å². The Morgan fingerprint density at radius 3 is 2.36 bits per heavy atom. The number of benzene rings is 1. The summed E-state index contributed by atoms with van der Waals surface area (Å²) >= 11 is 0. The van der Waals surface area contributed by atoms with E-state index in [2.05, 4.69) is 10.4 Å². The van der Waals surface area contributed by atoms with Crippen molar-refractivity contribution in [1.29, 1.82) is 0 Å². The number of hydrogen-bond acceptors (Lipinski definition) is 3. The van der Waals surface area contributed by atoms with Gasteiger partial charge in [-0.1, -0.05) is 30.3 Å². The summed E-state index contributed by atoms with van der Waals surface area (Å²) in [7, 11) is 0. The first-order chi connectivity index (χ1) is 10.3. The van der Waals surface area contributed by atoms with Crippen LogP contribution < -0.4 is 11.1 Å². The van der Waals surface area contributed by atoms with Crippen LogP contribution in [-0.4, -0.2) is 21.6 Å². The number of nitrogens with zero attached hydrogens (tertiary/aromatic N) is 2. The summed E-state index contributed by atoms with van der Waals surface area (Å²) in [6, 6.07) is 8.02. The molecule has 2 aromatic rings. The van der Waals surface area contributed by atoms with Crippen molar-refractivity contribution in [1.82, 2.24) is 15.1 Å². The molecule has 1 unspecified atom stereocenters. The lowest BCUT2D eigenvalue weighted by atomic mass is 10.1. The number of nitrogens with two attached hydrogens (primary N) is 1. The number of nitrogens with one attached hydrogen (secondary N) is 1. The van der Waals surface area contributed by atoms with Gasteiger partial charge in [0.05, 0.1) is 17.3 Å². The molecule has 1 aromatic carbocycles. The third kappa shape index (κ3) is 3.52. The van der Waals surface area contributed by atoms with E-state index in [0.29, 0.717) is 11.1 Å². The standard InChI is InChI=1S/C16H20N4O2/c1-16(2,3)20-10-12(9-18-20)15(22)19-13(14(17)21)11-7-5-4-6-8-11/h4-10,13H,1-3H3,(H2,17,21)(H,19,22). The summed E-state index contributed by atoms with van der Waals surface area (Å²) in [5.41, 5.74) is 6.21. The Labute approximate surface area is 129 Å². The predicted molar refractivity (Wildman–Crippen MR) is 83.1 cm³/mol. The van der Waals surface area contributed by atoms with E-state index in [0.717, 1.165) is 0 Å². The van der Waals surface area contributed by atoms with Gasteiger partial charge in [0.25, 0.3) is 5.91 Å². The average molecular weight is 300 g/mol. The van der Waals surface area contributed by atoms with Crippen molar-refractivity contribution in [3.8, 4) is 0 Å². The second-order valence-corrected chi connectivity index (χ2v) is 6.06. The molecule has 3 N–H and O–H groups in total. The minimum atomic E-state index is -0.869. The molecule has 0 aliphatic heterocycles. The highest BCUT2D eigenvalue weighted by Gasteiger charge is 2.22. The lowest BCUT2D eigenvalue weighted by Crippen LogP contribution is -2.37. The molecule has 0 saturated carbocycles. The first-order valence-corrected chi connectivity index (χ1v) is 6.99. The fourth-order valence-electron chi connectivity index (χ4n) is 1.99. The second kappa shape index (κ2) is 6.01. The van der Waals surface area contributed by atoms with Gasteiger partial charge in [0, 0.05) is 6.20 Å². The van der Waals surface area contributed by atoms with E-state index < -0.39 is 11.9 Å². The zero-order chi connectivity index (χ0) is 16.3. The Morgan fingerprint density at radius 2 is 1.86 bits per heavy atom. The van der Waals surface area contributed by atoms with Gasteiger partial charge in [-0.05, 0) is 26.3 Å². The number of amides is 2. The molecule has 0 aliphatic rings. The molecule has 0 radical (unpaired) electrons. The van der Waals surface area contributed by atoms with Crippen molar-refractivity contribution in [2.45, 2.75) is 32.4 Å². The van der Waals surface area contributed by atoms with Gasteiger partial charge in [-0.15, -0.1) is 0 Å². The summed E-state index contributed by atoms with van der Waals surface area (Å²) < 4.78 is 1.70. The average Bonchev–Trinajstić information content (AvgIpc) is 2.95. The van der Waals surface area contributed by atoms with Crippen molar-refractivity contribution < 1.29 is 9.59 Å². The normalized spacial score (nSPS) is 12.7. The number of aromatic nitrogens is 2. The van der Waals surface area contributed by atoms with E-state index in [4.69, 9.17) is 5.73 Å². The first-order valence-electron chi connectivity index (χ1n) is 6.99. The molecule has 1 atom stereocenters. The van der Waals surface area contributed by atoms with Crippen LogP contribution in [0.25, 0.3) is 0 Å². The van der Waals surface area contributed by atoms with Gasteiger partial charge >= 0.3 is 0 Å². The first kappa shape index (κ1) is 15.8. The van der Waals surface area contributed by atoms with Gasteiger partial charge in [0.1, 0.15) is 6.04 Å². The minimum Gasteiger partial charge on any atom is -0.368 e. The quantitative estimate of drug-likeness (QED) is 0.898. The van der Waals surface area contributed by atoms with Gasteiger partial charge in [0.15, 0.2) is 0 Å². The van der Waals surface area contributed by atoms with E-state index in [9.17, 15) is 9.59 Å². The zero-order valence-corrected chi connectivity index (χ0v) is 12.9. The molecule has 0 fully saturated rings. The maximum atomic E-state index is 12.3. The SMILES string of the molecule is CC(C)(C)n1cc(C(=O)NC(C(N)=O)c2ccccc2)cn1. The lowest BCUT2D eigenvalue weighted by Gasteiger charge is -2.18. The van der Waals surface area contributed by atoms with Crippen LogP contribution in [0, 0.1) is 0 Å². The second-order valence-electron chi connectivity index (χ2n) is 6.06. The molecule has 2 amide bonds. The van der Waals surface area contributed by atoms with Crippen LogP contribution in [0.3, 0.4) is 0 Å². The molecule has 116 valence electrons. The van der Waals surface area contributed by atoms with Gasteiger partial charge in [-0.3, -0.25) is 14.3 Å². The molecule has 0 saturated heterocycles. The van der Waals surface area contributed by atoms with Crippen LogP contribution in [0.15, 0.2) is 42.7 Å². The van der Waals surface area contributed by atoms with Crippen LogP contribution in [0.5, 0.6) is 0 Å². The molecule has 1 aromatic heterocycles. The predicted octanol–water partition coefficient (Wildman–Crippen LogP) is 1.59. The minimum absolute atomic E-state index is 0.221. The fraction of sp³-hybridized carbons (Fsp3) is 0.312. The summed E-state index contributed by atoms with van der Waals surface area (Å²) in [6.45, 7) is 5.95. The van der Waals surface area contributed by atoms with Crippen LogP contribution >= 0.6 is 0 Å². The monoisotopic (exact) mass is 300 g/mol. The molecule has 22 heavy (non-hydrogen) atoms. The number of rotatable bonds is 4.